The van der Waals surface area contributed by atoms with Crippen LogP contribution in [0, 0.1) is 5.41 Å². The van der Waals surface area contributed by atoms with Crippen molar-refractivity contribution in [3.8, 4) is 0 Å². The minimum Gasteiger partial charge on any atom is -0.445 e. The Morgan fingerprint density at radius 3 is 2.18 bits per heavy atom. The number of hydrogen-bond acceptors (Lipinski definition) is 3. The van der Waals surface area contributed by atoms with Crippen LogP contribution in [0.2, 0.25) is 0 Å². The Morgan fingerprint density at radius 1 is 1.45 bits per heavy atom. The van der Waals surface area contributed by atoms with Crippen molar-refractivity contribution in [3.63, 3.8) is 0 Å². The van der Waals surface area contributed by atoms with E-state index in [0.717, 1.165) is 0 Å². The lowest BCUT2D eigenvalue weighted by Gasteiger charge is -2.24. The quantitative estimate of drug-likeness (QED) is 0.531. The van der Waals surface area contributed by atoms with Gasteiger partial charge in [-0.1, -0.05) is 20.8 Å². The van der Waals surface area contributed by atoms with Crippen LogP contribution < -0.4 is 5.32 Å². The van der Waals surface area contributed by atoms with Crippen LogP contribution in [-0.4, -0.2) is 18.2 Å². The molecule has 64 valence electrons. The summed E-state index contributed by atoms with van der Waals surface area (Å²) >= 11 is 0. The van der Waals surface area contributed by atoms with E-state index < -0.39 is 0 Å². The maximum atomic E-state index is 10.9. The number of cyclic esters (lactones) is 1. The molecule has 0 aliphatic carbocycles. The van der Waals surface area contributed by atoms with Crippen molar-refractivity contribution >= 4 is 5.97 Å². The minimum absolute atomic E-state index is 0.0135. The molecular formula is C8H15NO2. The zero-order chi connectivity index (χ0) is 8.65. The highest BCUT2D eigenvalue weighted by Gasteiger charge is 2.37. The first-order valence-corrected chi connectivity index (χ1v) is 3.88. The van der Waals surface area contributed by atoms with Crippen molar-refractivity contribution in [2.45, 2.75) is 40.0 Å². The fraction of sp³-hybridized carbons (Fsp3) is 0.875. The second-order valence-corrected chi connectivity index (χ2v) is 4.07. The molecule has 1 N–H and O–H groups in total. The van der Waals surface area contributed by atoms with Crippen LogP contribution in [0.1, 0.15) is 27.7 Å². The van der Waals surface area contributed by atoms with E-state index in [1.165, 1.54) is 0 Å². The molecule has 0 bridgehead atoms. The number of esters is 1. The maximum absolute atomic E-state index is 10.9. The van der Waals surface area contributed by atoms with Crippen molar-refractivity contribution in [3.05, 3.63) is 0 Å². The Kier molecular flexibility index (Phi) is 1.92. The summed E-state index contributed by atoms with van der Waals surface area (Å²) < 4.78 is 5.09. The zero-order valence-electron chi connectivity index (χ0n) is 7.47. The van der Waals surface area contributed by atoms with Gasteiger partial charge in [-0.15, -0.1) is 0 Å². The van der Waals surface area contributed by atoms with E-state index in [9.17, 15) is 4.79 Å². The molecule has 1 fully saturated rings. The third-order valence-electron chi connectivity index (χ3n) is 1.78. The van der Waals surface area contributed by atoms with Gasteiger partial charge in [-0.3, -0.25) is 10.1 Å². The van der Waals surface area contributed by atoms with E-state index in [-0.39, 0.29) is 23.7 Å². The monoisotopic (exact) mass is 157 g/mol. The van der Waals surface area contributed by atoms with Gasteiger partial charge in [0.05, 0.1) is 0 Å². The molecule has 1 saturated heterocycles. The van der Waals surface area contributed by atoms with Gasteiger partial charge in [0.1, 0.15) is 6.04 Å². The Labute approximate surface area is 67.1 Å². The van der Waals surface area contributed by atoms with Gasteiger partial charge in [0.15, 0.2) is 6.23 Å². The first-order chi connectivity index (χ1) is 4.91. The van der Waals surface area contributed by atoms with Crippen LogP contribution in [-0.2, 0) is 9.53 Å². The van der Waals surface area contributed by atoms with Crippen molar-refractivity contribution in [1.82, 2.24) is 5.32 Å². The van der Waals surface area contributed by atoms with E-state index in [2.05, 4.69) is 5.32 Å². The summed E-state index contributed by atoms with van der Waals surface area (Å²) in [7, 11) is 0. The zero-order valence-corrected chi connectivity index (χ0v) is 7.47. The van der Waals surface area contributed by atoms with Gasteiger partial charge in [0.2, 0.25) is 0 Å². The van der Waals surface area contributed by atoms with Gasteiger partial charge >= 0.3 is 5.97 Å². The van der Waals surface area contributed by atoms with Crippen LogP contribution >= 0.6 is 0 Å². The molecule has 0 saturated carbocycles. The Hall–Kier alpha value is -0.570. The molecule has 1 aliphatic rings. The first kappa shape index (κ1) is 8.53. The van der Waals surface area contributed by atoms with Gasteiger partial charge in [-0.2, -0.15) is 0 Å². The summed E-state index contributed by atoms with van der Waals surface area (Å²) in [5.74, 6) is -0.148. The predicted molar refractivity (Wildman–Crippen MR) is 41.9 cm³/mol. The summed E-state index contributed by atoms with van der Waals surface area (Å²) in [6, 6.07) is -0.153. The fourth-order valence-electron chi connectivity index (χ4n) is 0.974. The smallest absolute Gasteiger partial charge is 0.324 e. The number of nitrogens with one attached hydrogen (secondary N) is 1. The van der Waals surface area contributed by atoms with Crippen LogP contribution in [0.15, 0.2) is 0 Å². The molecule has 0 spiro atoms. The average Bonchev–Trinajstić information content (AvgIpc) is 2.11. The number of rotatable bonds is 0. The molecule has 3 heteroatoms. The number of ether oxygens (including phenoxy) is 1. The molecule has 3 nitrogen and oxygen atoms in total. The van der Waals surface area contributed by atoms with Gasteiger partial charge < -0.3 is 4.74 Å². The Balaban J connectivity index is 2.61. The lowest BCUT2D eigenvalue weighted by Crippen LogP contribution is -2.38. The summed E-state index contributed by atoms with van der Waals surface area (Å²) in [6.45, 7) is 7.93. The third kappa shape index (κ3) is 1.71. The molecule has 0 amide bonds. The lowest BCUT2D eigenvalue weighted by molar-refractivity contribution is -0.145. The predicted octanol–water partition coefficient (Wildman–Crippen LogP) is 0.893. The highest BCUT2D eigenvalue weighted by atomic mass is 16.6. The van der Waals surface area contributed by atoms with Gasteiger partial charge in [0, 0.05) is 5.41 Å². The molecule has 11 heavy (non-hydrogen) atoms. The highest BCUT2D eigenvalue weighted by Crippen LogP contribution is 2.24. The molecule has 1 heterocycles. The Bertz CT molecular complexity index is 171. The van der Waals surface area contributed by atoms with Gasteiger partial charge in [-0.25, -0.2) is 0 Å². The molecular weight excluding hydrogens is 142 g/mol. The van der Waals surface area contributed by atoms with E-state index in [0.29, 0.717) is 0 Å². The second kappa shape index (κ2) is 2.48. The van der Waals surface area contributed by atoms with Gasteiger partial charge in [0.25, 0.3) is 0 Å². The van der Waals surface area contributed by atoms with Crippen molar-refractivity contribution in [1.29, 1.82) is 0 Å². The summed E-state index contributed by atoms with van der Waals surface area (Å²) in [4.78, 5) is 10.9. The van der Waals surface area contributed by atoms with E-state index >= 15 is 0 Å². The van der Waals surface area contributed by atoms with Crippen LogP contribution in [0.5, 0.6) is 0 Å². The standard InChI is InChI=1S/C8H15NO2/c1-5-6(10)11-7(9-5)8(2,3)4/h5,7,9H,1-4H3/t5-,7?/m0/s1. The second-order valence-electron chi connectivity index (χ2n) is 4.07. The normalized spacial score (nSPS) is 32.2. The van der Waals surface area contributed by atoms with Crippen molar-refractivity contribution < 1.29 is 9.53 Å². The van der Waals surface area contributed by atoms with E-state index in [1.807, 2.05) is 27.7 Å². The van der Waals surface area contributed by atoms with Crippen molar-refractivity contribution in [2.75, 3.05) is 0 Å². The molecule has 1 rings (SSSR count). The third-order valence-corrected chi connectivity index (χ3v) is 1.78. The lowest BCUT2D eigenvalue weighted by atomic mass is 9.94. The molecule has 0 aromatic rings. The largest absolute Gasteiger partial charge is 0.445 e. The van der Waals surface area contributed by atoms with Crippen LogP contribution in [0.25, 0.3) is 0 Å². The summed E-state index contributed by atoms with van der Waals surface area (Å²) in [5.41, 5.74) is -0.0135. The SMILES string of the molecule is C[C@@H]1NC(C(C)(C)C)OC1=O. The van der Waals surface area contributed by atoms with Crippen LogP contribution in [0.4, 0.5) is 0 Å². The molecule has 1 unspecified atom stereocenters. The average molecular weight is 157 g/mol. The van der Waals surface area contributed by atoms with Gasteiger partial charge in [-0.05, 0) is 6.92 Å². The summed E-state index contributed by atoms with van der Waals surface area (Å²) in [5, 5.41) is 3.07. The highest BCUT2D eigenvalue weighted by molar-refractivity contribution is 5.77. The summed E-state index contributed by atoms with van der Waals surface area (Å²) in [6.07, 6.45) is -0.134. The molecule has 0 radical (unpaired) electrons. The van der Waals surface area contributed by atoms with Crippen LogP contribution in [0.3, 0.4) is 0 Å². The fourth-order valence-corrected chi connectivity index (χ4v) is 0.974. The molecule has 2 atom stereocenters. The first-order valence-electron chi connectivity index (χ1n) is 3.88. The number of carbonyl (C=O) groups is 1. The maximum Gasteiger partial charge on any atom is 0.324 e. The molecule has 0 aromatic heterocycles. The minimum atomic E-state index is -0.153. The van der Waals surface area contributed by atoms with E-state index in [1.54, 1.807) is 0 Å². The number of carbonyl (C=O) groups excluding carboxylic acids is 1. The molecule has 1 aliphatic heterocycles. The van der Waals surface area contributed by atoms with E-state index in [4.69, 9.17) is 4.74 Å². The van der Waals surface area contributed by atoms with Crippen molar-refractivity contribution in [2.24, 2.45) is 5.41 Å². The number of hydrogen-bond donors (Lipinski definition) is 1. The topological polar surface area (TPSA) is 38.3 Å². The molecule has 0 aromatic carbocycles. The Morgan fingerprint density at radius 2 is 2.00 bits per heavy atom.